The summed E-state index contributed by atoms with van der Waals surface area (Å²) in [6.45, 7) is 10.1. The number of carbonyl (C=O) groups is 1. The summed E-state index contributed by atoms with van der Waals surface area (Å²) in [5, 5.41) is 0. The number of thioether (sulfide) groups is 1. The fraction of sp³-hybridized carbons (Fsp3) is 0.933. The second-order valence-corrected chi connectivity index (χ2v) is 8.05. The Kier molecular flexibility index (Phi) is 5.37. The summed E-state index contributed by atoms with van der Waals surface area (Å²) in [5.74, 6) is 2.10. The third-order valence-corrected chi connectivity index (χ3v) is 4.93. The first-order valence-electron chi connectivity index (χ1n) is 7.53. The summed E-state index contributed by atoms with van der Waals surface area (Å²) in [6.07, 6.45) is 1.94. The summed E-state index contributed by atoms with van der Waals surface area (Å²) in [4.78, 5) is 14.7. The third kappa shape index (κ3) is 4.37. The highest BCUT2D eigenvalue weighted by molar-refractivity contribution is 7.99. The lowest BCUT2D eigenvalue weighted by Gasteiger charge is -2.42. The van der Waals surface area contributed by atoms with Crippen molar-refractivity contribution in [2.75, 3.05) is 44.4 Å². The van der Waals surface area contributed by atoms with Crippen LogP contribution in [0.5, 0.6) is 0 Å². The van der Waals surface area contributed by atoms with E-state index in [1.807, 2.05) is 32.5 Å². The second kappa shape index (κ2) is 6.67. The molecule has 0 bridgehead atoms. The molecule has 0 aliphatic carbocycles. The summed E-state index contributed by atoms with van der Waals surface area (Å²) in [5.41, 5.74) is -0.713. The van der Waals surface area contributed by atoms with Gasteiger partial charge < -0.3 is 9.47 Å². The van der Waals surface area contributed by atoms with Crippen molar-refractivity contribution >= 4 is 17.7 Å². The number of carbonyl (C=O) groups excluding carboxylic acids is 1. The zero-order valence-corrected chi connectivity index (χ0v) is 13.8. The Morgan fingerprint density at radius 1 is 1.25 bits per heavy atom. The van der Waals surface area contributed by atoms with Crippen LogP contribution < -0.4 is 0 Å². The lowest BCUT2D eigenvalue weighted by molar-refractivity contribution is -0.173. The standard InChI is InChI=1S/C15H27NO3S/c1-14(2,3)13(17)19-15(4-10-20-11-5-15)12-16-6-8-18-9-7-16/h4-12H2,1-3H3. The Morgan fingerprint density at radius 2 is 1.85 bits per heavy atom. The van der Waals surface area contributed by atoms with Gasteiger partial charge >= 0.3 is 5.97 Å². The molecule has 0 aromatic carbocycles. The van der Waals surface area contributed by atoms with Crippen LogP contribution in [-0.2, 0) is 14.3 Å². The van der Waals surface area contributed by atoms with Gasteiger partial charge in [0, 0.05) is 19.6 Å². The smallest absolute Gasteiger partial charge is 0.311 e. The van der Waals surface area contributed by atoms with Crippen molar-refractivity contribution in [2.45, 2.75) is 39.2 Å². The Hall–Kier alpha value is -0.260. The molecule has 116 valence electrons. The average molecular weight is 301 g/mol. The maximum absolute atomic E-state index is 12.3. The van der Waals surface area contributed by atoms with Crippen molar-refractivity contribution in [1.29, 1.82) is 0 Å². The molecule has 2 aliphatic heterocycles. The molecule has 0 radical (unpaired) electrons. The zero-order valence-electron chi connectivity index (χ0n) is 12.9. The van der Waals surface area contributed by atoms with Gasteiger partial charge in [-0.25, -0.2) is 0 Å². The highest BCUT2D eigenvalue weighted by atomic mass is 32.2. The van der Waals surface area contributed by atoms with Gasteiger partial charge in [-0.1, -0.05) is 0 Å². The fourth-order valence-corrected chi connectivity index (χ4v) is 3.79. The van der Waals surface area contributed by atoms with E-state index in [-0.39, 0.29) is 11.6 Å². The predicted octanol–water partition coefficient (Wildman–Crippen LogP) is 2.17. The van der Waals surface area contributed by atoms with E-state index >= 15 is 0 Å². The molecule has 0 N–H and O–H groups in total. The minimum atomic E-state index is -0.428. The fourth-order valence-electron chi connectivity index (χ4n) is 2.55. The highest BCUT2D eigenvalue weighted by Crippen LogP contribution is 2.34. The van der Waals surface area contributed by atoms with Gasteiger partial charge in [0.05, 0.1) is 18.6 Å². The van der Waals surface area contributed by atoms with Crippen LogP contribution >= 0.6 is 11.8 Å². The Labute approximate surface area is 126 Å². The van der Waals surface area contributed by atoms with E-state index in [1.165, 1.54) is 0 Å². The molecule has 2 fully saturated rings. The van der Waals surface area contributed by atoms with E-state index in [9.17, 15) is 4.79 Å². The van der Waals surface area contributed by atoms with Gasteiger partial charge in [-0.2, -0.15) is 11.8 Å². The minimum Gasteiger partial charge on any atom is -0.457 e. The van der Waals surface area contributed by atoms with Crippen molar-refractivity contribution in [2.24, 2.45) is 5.41 Å². The molecule has 2 saturated heterocycles. The van der Waals surface area contributed by atoms with Crippen LogP contribution in [0.1, 0.15) is 33.6 Å². The number of nitrogens with zero attached hydrogens (tertiary/aromatic N) is 1. The van der Waals surface area contributed by atoms with Gasteiger partial charge in [0.1, 0.15) is 5.60 Å². The normalized spacial score (nSPS) is 24.4. The summed E-state index contributed by atoms with van der Waals surface area (Å²) < 4.78 is 11.4. The van der Waals surface area contributed by atoms with E-state index in [0.29, 0.717) is 0 Å². The molecule has 0 saturated carbocycles. The highest BCUT2D eigenvalue weighted by Gasteiger charge is 2.40. The minimum absolute atomic E-state index is 0.0716. The molecule has 2 aliphatic rings. The summed E-state index contributed by atoms with van der Waals surface area (Å²) >= 11 is 1.96. The Balaban J connectivity index is 2.02. The third-order valence-electron chi connectivity index (χ3n) is 3.94. The Bertz CT molecular complexity index is 329. The maximum Gasteiger partial charge on any atom is 0.311 e. The average Bonchev–Trinajstić information content (AvgIpc) is 2.39. The zero-order chi connectivity index (χ0) is 14.6. The summed E-state index contributed by atoms with van der Waals surface area (Å²) in [7, 11) is 0. The number of rotatable bonds is 3. The molecular weight excluding hydrogens is 274 g/mol. The molecule has 5 heteroatoms. The molecule has 0 aromatic rings. The first-order valence-corrected chi connectivity index (χ1v) is 8.68. The van der Waals surface area contributed by atoms with Gasteiger partial charge in [-0.05, 0) is 45.1 Å². The SMILES string of the molecule is CC(C)(C)C(=O)OC1(CN2CCOCC2)CCSCC1. The maximum atomic E-state index is 12.3. The number of hydrogen-bond acceptors (Lipinski definition) is 5. The molecule has 2 heterocycles. The number of hydrogen-bond donors (Lipinski definition) is 0. The lowest BCUT2D eigenvalue weighted by atomic mass is 9.92. The molecule has 0 atom stereocenters. The van der Waals surface area contributed by atoms with Gasteiger partial charge in [0.25, 0.3) is 0 Å². The Morgan fingerprint density at radius 3 is 2.40 bits per heavy atom. The molecule has 0 unspecified atom stereocenters. The van der Waals surface area contributed by atoms with E-state index in [1.54, 1.807) is 0 Å². The largest absolute Gasteiger partial charge is 0.457 e. The van der Waals surface area contributed by atoms with Crippen molar-refractivity contribution in [1.82, 2.24) is 4.90 Å². The summed E-state index contributed by atoms with van der Waals surface area (Å²) in [6, 6.07) is 0. The predicted molar refractivity (Wildman–Crippen MR) is 82.1 cm³/mol. The number of esters is 1. The van der Waals surface area contributed by atoms with E-state index in [0.717, 1.165) is 57.2 Å². The van der Waals surface area contributed by atoms with Crippen LogP contribution in [0, 0.1) is 5.41 Å². The van der Waals surface area contributed by atoms with Gasteiger partial charge in [0.15, 0.2) is 0 Å². The molecule has 0 aromatic heterocycles. The van der Waals surface area contributed by atoms with E-state index in [4.69, 9.17) is 9.47 Å². The molecule has 4 nitrogen and oxygen atoms in total. The van der Waals surface area contributed by atoms with Crippen LogP contribution in [0.4, 0.5) is 0 Å². The first-order chi connectivity index (χ1) is 9.41. The van der Waals surface area contributed by atoms with Crippen LogP contribution in [-0.4, -0.2) is 60.8 Å². The van der Waals surface area contributed by atoms with Crippen LogP contribution in [0.3, 0.4) is 0 Å². The lowest BCUT2D eigenvalue weighted by Crippen LogP contribution is -2.52. The van der Waals surface area contributed by atoms with Gasteiger partial charge in [-0.3, -0.25) is 9.69 Å². The molecule has 0 amide bonds. The van der Waals surface area contributed by atoms with Crippen molar-refractivity contribution in [3.63, 3.8) is 0 Å². The first kappa shape index (κ1) is 16.1. The quantitative estimate of drug-likeness (QED) is 0.747. The molecule has 20 heavy (non-hydrogen) atoms. The number of ether oxygens (including phenoxy) is 2. The van der Waals surface area contributed by atoms with Crippen molar-refractivity contribution in [3.05, 3.63) is 0 Å². The second-order valence-electron chi connectivity index (χ2n) is 6.82. The number of morpholine rings is 1. The van der Waals surface area contributed by atoms with Gasteiger partial charge in [0.2, 0.25) is 0 Å². The monoisotopic (exact) mass is 301 g/mol. The van der Waals surface area contributed by atoms with Crippen molar-refractivity contribution < 1.29 is 14.3 Å². The molecule has 2 rings (SSSR count). The van der Waals surface area contributed by atoms with Crippen LogP contribution in [0.2, 0.25) is 0 Å². The van der Waals surface area contributed by atoms with Crippen LogP contribution in [0.15, 0.2) is 0 Å². The van der Waals surface area contributed by atoms with E-state index < -0.39 is 5.41 Å². The topological polar surface area (TPSA) is 38.8 Å². The molecule has 0 spiro atoms. The van der Waals surface area contributed by atoms with Gasteiger partial charge in [-0.15, -0.1) is 0 Å². The van der Waals surface area contributed by atoms with E-state index in [2.05, 4.69) is 4.90 Å². The van der Waals surface area contributed by atoms with Crippen molar-refractivity contribution in [3.8, 4) is 0 Å². The molecular formula is C15H27NO3S. The van der Waals surface area contributed by atoms with Crippen LogP contribution in [0.25, 0.3) is 0 Å².